The van der Waals surface area contributed by atoms with E-state index in [1.165, 1.54) is 29.9 Å². The van der Waals surface area contributed by atoms with Gasteiger partial charge in [0.1, 0.15) is 0 Å². The van der Waals surface area contributed by atoms with Gasteiger partial charge in [-0.25, -0.2) is 4.79 Å². The van der Waals surface area contributed by atoms with E-state index in [0.29, 0.717) is 6.04 Å². The fourth-order valence-electron chi connectivity index (χ4n) is 4.31. The van der Waals surface area contributed by atoms with E-state index in [-0.39, 0.29) is 11.0 Å². The summed E-state index contributed by atoms with van der Waals surface area (Å²) < 4.78 is 11.3. The van der Waals surface area contributed by atoms with Gasteiger partial charge in [0.2, 0.25) is 0 Å². The number of aryl methyl sites for hydroxylation is 1. The van der Waals surface area contributed by atoms with Crippen molar-refractivity contribution >= 4 is 20.4 Å². The van der Waals surface area contributed by atoms with E-state index in [1.807, 2.05) is 6.08 Å². The molecule has 0 amide bonds. The summed E-state index contributed by atoms with van der Waals surface area (Å²) >= 11 is 0. The molecule has 0 aromatic heterocycles. The number of hydrogen-bond donors (Lipinski definition) is 0. The lowest BCUT2D eigenvalue weighted by Gasteiger charge is -2.37. The summed E-state index contributed by atoms with van der Waals surface area (Å²) in [6, 6.07) is 17.7. The van der Waals surface area contributed by atoms with Crippen LogP contribution in [0.4, 0.5) is 0 Å². The van der Waals surface area contributed by atoms with E-state index < -0.39 is 8.32 Å². The van der Waals surface area contributed by atoms with Gasteiger partial charge < -0.3 is 9.16 Å². The molecule has 2 aromatic rings. The highest BCUT2D eigenvalue weighted by molar-refractivity contribution is 6.74. The van der Waals surface area contributed by atoms with Crippen LogP contribution in [0, 0.1) is 0 Å². The SMILES string of the molecule is COC(=O)/C=C/c1ccc2c(c1)CCC2N(CCO[Si](C)(C)C(C)(C)C)CCc1ccccc1. The number of hydrogen-bond acceptors (Lipinski definition) is 4. The number of nitrogens with zero attached hydrogens (tertiary/aromatic N) is 1. The van der Waals surface area contributed by atoms with Gasteiger partial charge in [0, 0.05) is 31.8 Å². The summed E-state index contributed by atoms with van der Waals surface area (Å²) in [5, 5.41) is 0.218. The molecule has 1 aliphatic carbocycles. The number of methoxy groups -OCH3 is 1. The quantitative estimate of drug-likeness (QED) is 0.224. The van der Waals surface area contributed by atoms with Crippen molar-refractivity contribution in [1.82, 2.24) is 4.90 Å². The molecule has 1 unspecified atom stereocenters. The van der Waals surface area contributed by atoms with Crippen LogP contribution in [0.3, 0.4) is 0 Å². The van der Waals surface area contributed by atoms with Gasteiger partial charge in [-0.05, 0) is 65.7 Å². The molecule has 1 atom stereocenters. The highest BCUT2D eigenvalue weighted by Gasteiger charge is 2.37. The summed E-state index contributed by atoms with van der Waals surface area (Å²) in [6.45, 7) is 14.3. The van der Waals surface area contributed by atoms with Crippen LogP contribution in [-0.4, -0.2) is 46.0 Å². The molecule has 34 heavy (non-hydrogen) atoms. The van der Waals surface area contributed by atoms with Gasteiger partial charge >= 0.3 is 5.97 Å². The lowest BCUT2D eigenvalue weighted by atomic mass is 10.0. The first-order chi connectivity index (χ1) is 16.1. The molecule has 0 saturated heterocycles. The summed E-state index contributed by atoms with van der Waals surface area (Å²) in [4.78, 5) is 14.1. The molecule has 0 spiro atoms. The van der Waals surface area contributed by atoms with Gasteiger partial charge in [-0.1, -0.05) is 69.3 Å². The zero-order chi connectivity index (χ0) is 24.8. The summed E-state index contributed by atoms with van der Waals surface area (Å²) in [5.74, 6) is -0.327. The van der Waals surface area contributed by atoms with Gasteiger partial charge in [0.05, 0.1) is 7.11 Å². The normalized spacial score (nSPS) is 16.3. The van der Waals surface area contributed by atoms with Gasteiger partial charge in [-0.15, -0.1) is 0 Å². The van der Waals surface area contributed by atoms with Crippen molar-refractivity contribution in [2.24, 2.45) is 0 Å². The predicted molar refractivity (Wildman–Crippen MR) is 143 cm³/mol. The number of benzene rings is 2. The van der Waals surface area contributed by atoms with Gasteiger partial charge in [-0.2, -0.15) is 0 Å². The predicted octanol–water partition coefficient (Wildman–Crippen LogP) is 6.43. The van der Waals surface area contributed by atoms with E-state index in [4.69, 9.17) is 9.16 Å². The van der Waals surface area contributed by atoms with Gasteiger partial charge in [-0.3, -0.25) is 4.90 Å². The fraction of sp³-hybridized carbons (Fsp3) is 0.483. The topological polar surface area (TPSA) is 38.8 Å². The second kappa shape index (κ2) is 11.5. The molecule has 0 bridgehead atoms. The maximum absolute atomic E-state index is 11.5. The van der Waals surface area contributed by atoms with Crippen LogP contribution >= 0.6 is 0 Å². The minimum atomic E-state index is -1.77. The Balaban J connectivity index is 1.74. The number of carbonyl (C=O) groups is 1. The Hall–Kier alpha value is -2.21. The molecule has 0 N–H and O–H groups in total. The van der Waals surface area contributed by atoms with E-state index in [2.05, 4.69) is 87.3 Å². The first-order valence-corrected chi connectivity index (χ1v) is 15.3. The molecule has 0 heterocycles. The van der Waals surface area contributed by atoms with Crippen molar-refractivity contribution in [2.75, 3.05) is 26.8 Å². The van der Waals surface area contributed by atoms with Crippen LogP contribution in [0.5, 0.6) is 0 Å². The number of esters is 1. The third-order valence-corrected chi connectivity index (χ3v) is 12.0. The summed E-state index contributed by atoms with van der Waals surface area (Å²) in [7, 11) is -0.369. The van der Waals surface area contributed by atoms with Gasteiger partial charge in [0.15, 0.2) is 8.32 Å². The van der Waals surface area contributed by atoms with Crippen LogP contribution < -0.4 is 0 Å². The van der Waals surface area contributed by atoms with Crippen molar-refractivity contribution < 1.29 is 14.0 Å². The summed E-state index contributed by atoms with van der Waals surface area (Å²) in [6.07, 6.45) is 6.53. The fourth-order valence-corrected chi connectivity index (χ4v) is 5.34. The number of carbonyl (C=O) groups excluding carboxylic acids is 1. The molecule has 2 aromatic carbocycles. The maximum Gasteiger partial charge on any atom is 0.330 e. The lowest BCUT2D eigenvalue weighted by Crippen LogP contribution is -2.43. The Bertz CT molecular complexity index is 979. The number of ether oxygens (including phenoxy) is 1. The van der Waals surface area contributed by atoms with Crippen molar-refractivity contribution in [1.29, 1.82) is 0 Å². The molecule has 1 aliphatic rings. The first kappa shape index (κ1) is 26.4. The lowest BCUT2D eigenvalue weighted by molar-refractivity contribution is -0.134. The first-order valence-electron chi connectivity index (χ1n) is 12.4. The Morgan fingerprint density at radius 2 is 1.85 bits per heavy atom. The molecular formula is C29H41NO3Si. The van der Waals surface area contributed by atoms with Crippen molar-refractivity contribution in [3.8, 4) is 0 Å². The smallest absolute Gasteiger partial charge is 0.330 e. The molecule has 0 fully saturated rings. The van der Waals surface area contributed by atoms with E-state index >= 15 is 0 Å². The number of rotatable bonds is 10. The Labute approximate surface area is 207 Å². The van der Waals surface area contributed by atoms with Crippen LogP contribution in [0.25, 0.3) is 6.08 Å². The minimum absolute atomic E-state index is 0.218. The Morgan fingerprint density at radius 3 is 2.53 bits per heavy atom. The largest absolute Gasteiger partial charge is 0.466 e. The summed E-state index contributed by atoms with van der Waals surface area (Å²) in [5.41, 5.74) is 5.21. The maximum atomic E-state index is 11.5. The second-order valence-corrected chi connectivity index (χ2v) is 15.6. The molecule has 0 saturated carbocycles. The Morgan fingerprint density at radius 1 is 1.12 bits per heavy atom. The zero-order valence-electron chi connectivity index (χ0n) is 21.8. The molecule has 3 rings (SSSR count). The van der Waals surface area contributed by atoms with E-state index in [0.717, 1.165) is 44.5 Å². The van der Waals surface area contributed by atoms with Crippen LogP contribution in [0.1, 0.15) is 55.5 Å². The number of fused-ring (bicyclic) bond motifs is 1. The highest BCUT2D eigenvalue weighted by Crippen LogP contribution is 2.38. The molecule has 0 radical (unpaired) electrons. The second-order valence-electron chi connectivity index (χ2n) is 10.7. The minimum Gasteiger partial charge on any atom is -0.466 e. The average Bonchev–Trinajstić information content (AvgIpc) is 3.22. The standard InChI is InChI=1S/C29H41NO3Si/c1-29(2,3)34(5,6)33-21-20-30(19-18-23-10-8-7-9-11-23)27-16-14-25-22-24(12-15-26(25)27)13-17-28(31)32-4/h7-13,15,17,22,27H,14,16,18-21H2,1-6H3/b17-13+. The molecular weight excluding hydrogens is 438 g/mol. The molecule has 0 aliphatic heterocycles. The molecule has 4 nitrogen and oxygen atoms in total. The van der Waals surface area contributed by atoms with Crippen molar-refractivity contribution in [3.63, 3.8) is 0 Å². The molecule has 184 valence electrons. The van der Waals surface area contributed by atoms with E-state index in [9.17, 15) is 4.79 Å². The highest BCUT2D eigenvalue weighted by atomic mass is 28.4. The Kier molecular flexibility index (Phi) is 8.91. The molecule has 5 heteroatoms. The third kappa shape index (κ3) is 6.91. The monoisotopic (exact) mass is 479 g/mol. The zero-order valence-corrected chi connectivity index (χ0v) is 22.8. The van der Waals surface area contributed by atoms with Crippen molar-refractivity contribution in [2.45, 2.75) is 64.2 Å². The van der Waals surface area contributed by atoms with Crippen LogP contribution in [0.15, 0.2) is 54.6 Å². The van der Waals surface area contributed by atoms with Gasteiger partial charge in [0.25, 0.3) is 0 Å². The van der Waals surface area contributed by atoms with E-state index in [1.54, 1.807) is 0 Å². The van der Waals surface area contributed by atoms with Crippen LogP contribution in [-0.2, 0) is 26.8 Å². The average molecular weight is 480 g/mol. The third-order valence-electron chi connectivity index (χ3n) is 7.45. The van der Waals surface area contributed by atoms with Crippen molar-refractivity contribution in [3.05, 3.63) is 76.9 Å². The van der Waals surface area contributed by atoms with Crippen LogP contribution in [0.2, 0.25) is 18.1 Å².